The van der Waals surface area contributed by atoms with E-state index >= 15 is 0 Å². The Kier molecular flexibility index (Phi) is 4.80. The number of para-hydroxylation sites is 1. The maximum atomic E-state index is 10.8. The molecule has 118 valence electrons. The molecule has 4 nitrogen and oxygen atoms in total. The van der Waals surface area contributed by atoms with Gasteiger partial charge in [0.25, 0.3) is 0 Å². The van der Waals surface area contributed by atoms with Gasteiger partial charge in [0.1, 0.15) is 12.4 Å². The van der Waals surface area contributed by atoms with Crippen molar-refractivity contribution < 1.29 is 9.84 Å². The second-order valence-corrected chi connectivity index (χ2v) is 6.15. The van der Waals surface area contributed by atoms with Crippen molar-refractivity contribution in [3.8, 4) is 5.75 Å². The number of hydrogen-bond donors (Lipinski definition) is 2. The molecule has 0 bridgehead atoms. The summed E-state index contributed by atoms with van der Waals surface area (Å²) in [4.78, 5) is 5.64. The van der Waals surface area contributed by atoms with Gasteiger partial charge in [-0.15, -0.1) is 0 Å². The largest absolute Gasteiger partial charge is 0.491 e. The molecule has 4 heteroatoms. The van der Waals surface area contributed by atoms with Crippen molar-refractivity contribution in [2.24, 2.45) is 0 Å². The Morgan fingerprint density at radius 3 is 2.73 bits per heavy atom. The summed E-state index contributed by atoms with van der Waals surface area (Å²) >= 11 is 0. The van der Waals surface area contributed by atoms with Crippen LogP contribution in [0.3, 0.4) is 0 Å². The van der Waals surface area contributed by atoms with E-state index in [1.165, 1.54) is 5.69 Å². The Hall–Kier alpha value is -1.78. The van der Waals surface area contributed by atoms with Crippen LogP contribution in [0.5, 0.6) is 5.75 Å². The lowest BCUT2D eigenvalue weighted by Crippen LogP contribution is -2.37. The average Bonchev–Trinajstić information content (AvgIpc) is 2.98. The SMILES string of the molecule is OC1(COc2ccccc2)CCCN(Cc2ccc[nH]2)CC1. The van der Waals surface area contributed by atoms with Gasteiger partial charge in [-0.3, -0.25) is 4.90 Å². The number of likely N-dealkylation sites (tertiary alicyclic amines) is 1. The normalized spacial score (nSPS) is 23.1. The van der Waals surface area contributed by atoms with Gasteiger partial charge in [0.15, 0.2) is 0 Å². The van der Waals surface area contributed by atoms with Crippen molar-refractivity contribution in [1.29, 1.82) is 0 Å². The molecule has 1 aliphatic heterocycles. The Balaban J connectivity index is 1.52. The molecule has 1 aromatic carbocycles. The van der Waals surface area contributed by atoms with Crippen LogP contribution in [0.2, 0.25) is 0 Å². The Bertz CT molecular complexity index is 556. The lowest BCUT2D eigenvalue weighted by molar-refractivity contribution is -0.0168. The van der Waals surface area contributed by atoms with Gasteiger partial charge in [-0.2, -0.15) is 0 Å². The minimum atomic E-state index is -0.722. The number of aromatic amines is 1. The molecule has 22 heavy (non-hydrogen) atoms. The molecule has 1 atom stereocenters. The third-order valence-corrected chi connectivity index (χ3v) is 4.32. The second kappa shape index (κ2) is 6.99. The van der Waals surface area contributed by atoms with Crippen LogP contribution in [0.4, 0.5) is 0 Å². The monoisotopic (exact) mass is 300 g/mol. The highest BCUT2D eigenvalue weighted by atomic mass is 16.5. The van der Waals surface area contributed by atoms with Crippen LogP contribution in [-0.4, -0.2) is 40.3 Å². The van der Waals surface area contributed by atoms with Crippen LogP contribution in [0.25, 0.3) is 0 Å². The van der Waals surface area contributed by atoms with E-state index in [1.54, 1.807) is 0 Å². The predicted octanol–water partition coefficient (Wildman–Crippen LogP) is 2.81. The number of H-pyrrole nitrogens is 1. The molecule has 2 heterocycles. The lowest BCUT2D eigenvalue weighted by atomic mass is 9.96. The zero-order chi connectivity index (χ0) is 15.3. The third-order valence-electron chi connectivity index (χ3n) is 4.32. The number of hydrogen-bond acceptors (Lipinski definition) is 3. The smallest absolute Gasteiger partial charge is 0.119 e. The molecule has 0 radical (unpaired) electrons. The van der Waals surface area contributed by atoms with E-state index in [2.05, 4.69) is 16.0 Å². The van der Waals surface area contributed by atoms with Crippen LogP contribution in [-0.2, 0) is 6.54 Å². The highest BCUT2D eigenvalue weighted by Gasteiger charge is 2.31. The van der Waals surface area contributed by atoms with E-state index in [-0.39, 0.29) is 0 Å². The molecule has 0 saturated carbocycles. The van der Waals surface area contributed by atoms with Crippen molar-refractivity contribution >= 4 is 0 Å². The first-order chi connectivity index (χ1) is 10.7. The van der Waals surface area contributed by atoms with E-state index < -0.39 is 5.60 Å². The Morgan fingerprint density at radius 2 is 1.95 bits per heavy atom. The van der Waals surface area contributed by atoms with E-state index in [0.717, 1.165) is 44.6 Å². The lowest BCUT2D eigenvalue weighted by Gasteiger charge is -2.27. The number of nitrogens with one attached hydrogen (secondary N) is 1. The average molecular weight is 300 g/mol. The Labute approximate surface area is 131 Å². The van der Waals surface area contributed by atoms with Crippen LogP contribution in [0, 0.1) is 0 Å². The first-order valence-corrected chi connectivity index (χ1v) is 7.98. The number of benzene rings is 1. The van der Waals surface area contributed by atoms with Gasteiger partial charge in [0, 0.05) is 25.0 Å². The minimum Gasteiger partial charge on any atom is -0.491 e. The quantitative estimate of drug-likeness (QED) is 0.892. The highest BCUT2D eigenvalue weighted by molar-refractivity contribution is 5.21. The molecule has 1 saturated heterocycles. The molecule has 1 aromatic heterocycles. The molecule has 1 aliphatic rings. The molecular formula is C18H24N2O2. The second-order valence-electron chi connectivity index (χ2n) is 6.15. The molecule has 1 fully saturated rings. The van der Waals surface area contributed by atoms with Crippen LogP contribution >= 0.6 is 0 Å². The molecule has 0 amide bonds. The summed E-state index contributed by atoms with van der Waals surface area (Å²) in [6.07, 6.45) is 4.49. The first-order valence-electron chi connectivity index (χ1n) is 7.98. The minimum absolute atomic E-state index is 0.368. The molecule has 1 unspecified atom stereocenters. The summed E-state index contributed by atoms with van der Waals surface area (Å²) in [7, 11) is 0. The van der Waals surface area contributed by atoms with E-state index in [1.807, 2.05) is 42.6 Å². The fraction of sp³-hybridized carbons (Fsp3) is 0.444. The van der Waals surface area contributed by atoms with E-state index in [9.17, 15) is 5.11 Å². The number of aromatic nitrogens is 1. The molecule has 2 N–H and O–H groups in total. The van der Waals surface area contributed by atoms with Crippen LogP contribution in [0.15, 0.2) is 48.7 Å². The predicted molar refractivity (Wildman–Crippen MR) is 86.8 cm³/mol. The molecule has 0 spiro atoms. The van der Waals surface area contributed by atoms with Gasteiger partial charge < -0.3 is 14.8 Å². The highest BCUT2D eigenvalue weighted by Crippen LogP contribution is 2.24. The summed E-state index contributed by atoms with van der Waals surface area (Å²) < 4.78 is 5.77. The maximum Gasteiger partial charge on any atom is 0.119 e. The summed E-state index contributed by atoms with van der Waals surface area (Å²) in [6.45, 7) is 3.20. The van der Waals surface area contributed by atoms with Gasteiger partial charge in [0.05, 0.1) is 5.60 Å². The van der Waals surface area contributed by atoms with Gasteiger partial charge >= 0.3 is 0 Å². The number of aliphatic hydroxyl groups is 1. The Morgan fingerprint density at radius 1 is 1.09 bits per heavy atom. The maximum absolute atomic E-state index is 10.8. The van der Waals surface area contributed by atoms with Crippen molar-refractivity contribution in [3.05, 3.63) is 54.4 Å². The van der Waals surface area contributed by atoms with Crippen LogP contribution in [0.1, 0.15) is 25.0 Å². The summed E-state index contributed by atoms with van der Waals surface area (Å²) in [5.41, 5.74) is 0.506. The summed E-state index contributed by atoms with van der Waals surface area (Å²) in [6, 6.07) is 13.9. The van der Waals surface area contributed by atoms with Gasteiger partial charge in [-0.1, -0.05) is 18.2 Å². The van der Waals surface area contributed by atoms with Gasteiger partial charge in [-0.25, -0.2) is 0 Å². The van der Waals surface area contributed by atoms with E-state index in [0.29, 0.717) is 6.61 Å². The fourth-order valence-corrected chi connectivity index (χ4v) is 2.98. The van der Waals surface area contributed by atoms with Crippen LogP contribution < -0.4 is 4.74 Å². The summed E-state index contributed by atoms with van der Waals surface area (Å²) in [5.74, 6) is 0.823. The molecular weight excluding hydrogens is 276 g/mol. The number of rotatable bonds is 5. The van der Waals surface area contributed by atoms with Crippen molar-refractivity contribution in [3.63, 3.8) is 0 Å². The van der Waals surface area contributed by atoms with Gasteiger partial charge in [0.2, 0.25) is 0 Å². The number of ether oxygens (including phenoxy) is 1. The van der Waals surface area contributed by atoms with Crippen molar-refractivity contribution in [2.45, 2.75) is 31.4 Å². The fourth-order valence-electron chi connectivity index (χ4n) is 2.98. The third kappa shape index (κ3) is 4.12. The molecule has 3 rings (SSSR count). The van der Waals surface area contributed by atoms with Gasteiger partial charge in [-0.05, 0) is 50.1 Å². The zero-order valence-electron chi connectivity index (χ0n) is 12.9. The van der Waals surface area contributed by atoms with Crippen molar-refractivity contribution in [1.82, 2.24) is 9.88 Å². The zero-order valence-corrected chi connectivity index (χ0v) is 12.9. The first kappa shape index (κ1) is 15.1. The van der Waals surface area contributed by atoms with E-state index in [4.69, 9.17) is 4.74 Å². The van der Waals surface area contributed by atoms with Crippen molar-refractivity contribution in [2.75, 3.05) is 19.7 Å². The topological polar surface area (TPSA) is 48.5 Å². The standard InChI is InChI=1S/C18H24N2O2/c21-18(15-22-17-7-2-1-3-8-17)9-5-12-20(13-10-18)14-16-6-4-11-19-16/h1-4,6-8,11,19,21H,5,9-10,12-15H2. The molecule has 2 aromatic rings. The molecule has 0 aliphatic carbocycles. The summed E-state index contributed by atoms with van der Waals surface area (Å²) in [5, 5.41) is 10.8. The number of nitrogens with zero attached hydrogens (tertiary/aromatic N) is 1.